The summed E-state index contributed by atoms with van der Waals surface area (Å²) in [5.41, 5.74) is 9.16. The SMILES string of the molecule is c1ccc2cc(-c3ccc(-c4nc(-c5ccc6ccccc6c5)nc(-c5ccc6ccc(-c7cccc8oc9ccccc9c78)cc6c5)n4)cc3)ccc2c1. The smallest absolute Gasteiger partial charge is 0.164 e. The predicted octanol–water partition coefficient (Wildman–Crippen LogP) is 13.6. The van der Waals surface area contributed by atoms with E-state index in [-0.39, 0.29) is 0 Å². The van der Waals surface area contributed by atoms with E-state index in [4.69, 9.17) is 19.4 Å². The van der Waals surface area contributed by atoms with Gasteiger partial charge in [-0.15, -0.1) is 0 Å². The lowest BCUT2D eigenvalue weighted by molar-refractivity contribution is 0.669. The van der Waals surface area contributed by atoms with Gasteiger partial charge in [0.05, 0.1) is 0 Å². The van der Waals surface area contributed by atoms with Crippen LogP contribution in [0.5, 0.6) is 0 Å². The van der Waals surface area contributed by atoms with Crippen LogP contribution in [0.2, 0.25) is 0 Å². The van der Waals surface area contributed by atoms with Gasteiger partial charge in [-0.2, -0.15) is 0 Å². The van der Waals surface area contributed by atoms with Gasteiger partial charge in [0.25, 0.3) is 0 Å². The normalized spacial score (nSPS) is 11.6. The van der Waals surface area contributed by atoms with Gasteiger partial charge in [-0.3, -0.25) is 0 Å². The first kappa shape index (κ1) is 31.1. The molecule has 9 aromatic carbocycles. The number of nitrogens with zero attached hydrogens (tertiary/aromatic N) is 3. The molecule has 0 unspecified atom stereocenters. The summed E-state index contributed by atoms with van der Waals surface area (Å²) in [4.78, 5) is 15.3. The minimum Gasteiger partial charge on any atom is -0.456 e. The molecule has 4 nitrogen and oxygen atoms in total. The third-order valence-electron chi connectivity index (χ3n) is 10.7. The maximum atomic E-state index is 6.22. The van der Waals surface area contributed by atoms with Crippen LogP contribution in [-0.2, 0) is 0 Å². The topological polar surface area (TPSA) is 51.8 Å². The number of para-hydroxylation sites is 1. The molecule has 4 heteroatoms. The Morgan fingerprint density at radius 2 is 0.745 bits per heavy atom. The third kappa shape index (κ3) is 5.51. The fraction of sp³-hybridized carbons (Fsp3) is 0. The molecule has 2 heterocycles. The number of aromatic nitrogens is 3. The van der Waals surface area contributed by atoms with E-state index in [2.05, 4.69) is 170 Å². The third-order valence-corrected chi connectivity index (χ3v) is 10.7. The summed E-state index contributed by atoms with van der Waals surface area (Å²) in [6, 6.07) is 66.0. The number of rotatable bonds is 5. The Morgan fingerprint density at radius 1 is 0.291 bits per heavy atom. The van der Waals surface area contributed by atoms with Gasteiger partial charge in [0, 0.05) is 27.5 Å². The number of benzene rings is 9. The number of hydrogen-bond donors (Lipinski definition) is 0. The molecule has 256 valence electrons. The Balaban J connectivity index is 1.03. The Hall–Kier alpha value is -7.43. The van der Waals surface area contributed by atoms with Crippen LogP contribution in [0.4, 0.5) is 0 Å². The van der Waals surface area contributed by atoms with Crippen molar-refractivity contribution in [1.82, 2.24) is 15.0 Å². The Labute approximate surface area is 317 Å². The van der Waals surface area contributed by atoms with Crippen molar-refractivity contribution < 1.29 is 4.42 Å². The maximum absolute atomic E-state index is 6.22. The van der Waals surface area contributed by atoms with E-state index in [0.717, 1.165) is 71.5 Å². The molecular weight excluding hydrogens is 671 g/mol. The molecule has 0 spiro atoms. The highest BCUT2D eigenvalue weighted by Crippen LogP contribution is 2.38. The zero-order valence-corrected chi connectivity index (χ0v) is 29.6. The lowest BCUT2D eigenvalue weighted by Gasteiger charge is -2.11. The van der Waals surface area contributed by atoms with E-state index < -0.39 is 0 Å². The molecule has 0 amide bonds. The van der Waals surface area contributed by atoms with Crippen molar-refractivity contribution in [2.24, 2.45) is 0 Å². The van der Waals surface area contributed by atoms with Crippen LogP contribution >= 0.6 is 0 Å². The summed E-state index contributed by atoms with van der Waals surface area (Å²) in [5, 5.41) is 9.26. The average Bonchev–Trinajstić information content (AvgIpc) is 3.65. The van der Waals surface area contributed by atoms with Gasteiger partial charge in [-0.25, -0.2) is 15.0 Å². The molecule has 0 aliphatic heterocycles. The van der Waals surface area contributed by atoms with E-state index >= 15 is 0 Å². The van der Waals surface area contributed by atoms with E-state index in [9.17, 15) is 0 Å². The molecule has 0 saturated heterocycles. The van der Waals surface area contributed by atoms with Gasteiger partial charge in [-0.1, -0.05) is 152 Å². The molecule has 0 fully saturated rings. The number of hydrogen-bond acceptors (Lipinski definition) is 4. The van der Waals surface area contributed by atoms with Crippen LogP contribution in [0.25, 0.3) is 111 Å². The van der Waals surface area contributed by atoms with Crippen molar-refractivity contribution >= 4 is 54.3 Å². The summed E-state index contributed by atoms with van der Waals surface area (Å²) in [7, 11) is 0. The minimum atomic E-state index is 0.627. The van der Waals surface area contributed by atoms with Gasteiger partial charge in [0.1, 0.15) is 11.2 Å². The van der Waals surface area contributed by atoms with E-state index in [1.54, 1.807) is 0 Å². The molecular formula is C51H31N3O. The van der Waals surface area contributed by atoms with Crippen LogP contribution in [0.1, 0.15) is 0 Å². The molecule has 0 aliphatic rings. The average molecular weight is 702 g/mol. The quantitative estimate of drug-likeness (QED) is 0.179. The zero-order chi connectivity index (χ0) is 36.3. The lowest BCUT2D eigenvalue weighted by Crippen LogP contribution is -2.00. The molecule has 0 N–H and O–H groups in total. The summed E-state index contributed by atoms with van der Waals surface area (Å²) < 4.78 is 6.22. The number of fused-ring (bicyclic) bond motifs is 6. The largest absolute Gasteiger partial charge is 0.456 e. The second-order valence-corrected chi connectivity index (χ2v) is 14.1. The first-order chi connectivity index (χ1) is 27.2. The molecule has 11 rings (SSSR count). The van der Waals surface area contributed by atoms with Crippen LogP contribution in [0, 0.1) is 0 Å². The van der Waals surface area contributed by atoms with Crippen LogP contribution in [-0.4, -0.2) is 15.0 Å². The van der Waals surface area contributed by atoms with Crippen LogP contribution in [0.3, 0.4) is 0 Å². The van der Waals surface area contributed by atoms with Crippen molar-refractivity contribution in [3.05, 3.63) is 188 Å². The van der Waals surface area contributed by atoms with Crippen molar-refractivity contribution in [2.45, 2.75) is 0 Å². The van der Waals surface area contributed by atoms with Gasteiger partial charge < -0.3 is 4.42 Å². The monoisotopic (exact) mass is 701 g/mol. The molecule has 55 heavy (non-hydrogen) atoms. The standard InChI is InChI=1S/C51H31N3O/c1-3-10-37-28-39(24-18-32(37)8-1)34-16-22-36(23-17-34)49-52-50(41-26-20-33-9-2-4-11-38(33)29-41)54-51(53-49)42-27-21-35-19-25-40(30-43(35)31-42)44-13-7-15-47-48(44)45-12-5-6-14-46(45)55-47/h1-31H. The van der Waals surface area contributed by atoms with Crippen LogP contribution in [0.15, 0.2) is 192 Å². The lowest BCUT2D eigenvalue weighted by atomic mass is 9.96. The second kappa shape index (κ2) is 12.6. The summed E-state index contributed by atoms with van der Waals surface area (Å²) in [6.07, 6.45) is 0. The Morgan fingerprint density at radius 3 is 1.44 bits per heavy atom. The number of furan rings is 1. The summed E-state index contributed by atoms with van der Waals surface area (Å²) >= 11 is 0. The van der Waals surface area contributed by atoms with E-state index in [1.165, 1.54) is 21.7 Å². The molecule has 0 saturated carbocycles. The fourth-order valence-corrected chi connectivity index (χ4v) is 7.84. The molecule has 0 atom stereocenters. The van der Waals surface area contributed by atoms with E-state index in [0.29, 0.717) is 17.5 Å². The fourth-order valence-electron chi connectivity index (χ4n) is 7.84. The Bertz CT molecular complexity index is 3270. The summed E-state index contributed by atoms with van der Waals surface area (Å²) in [6.45, 7) is 0. The maximum Gasteiger partial charge on any atom is 0.164 e. The van der Waals surface area contributed by atoms with Crippen molar-refractivity contribution in [1.29, 1.82) is 0 Å². The van der Waals surface area contributed by atoms with Gasteiger partial charge in [-0.05, 0) is 91.0 Å². The highest BCUT2D eigenvalue weighted by Gasteiger charge is 2.16. The van der Waals surface area contributed by atoms with Crippen molar-refractivity contribution in [3.8, 4) is 56.4 Å². The van der Waals surface area contributed by atoms with Gasteiger partial charge >= 0.3 is 0 Å². The molecule has 0 aliphatic carbocycles. The Kier molecular flexibility index (Phi) is 7.14. The van der Waals surface area contributed by atoms with Crippen molar-refractivity contribution in [2.75, 3.05) is 0 Å². The van der Waals surface area contributed by atoms with E-state index in [1.807, 2.05) is 18.2 Å². The van der Waals surface area contributed by atoms with Gasteiger partial charge in [0.2, 0.25) is 0 Å². The highest BCUT2D eigenvalue weighted by atomic mass is 16.3. The first-order valence-corrected chi connectivity index (χ1v) is 18.5. The first-order valence-electron chi connectivity index (χ1n) is 18.5. The minimum absolute atomic E-state index is 0.627. The highest BCUT2D eigenvalue weighted by molar-refractivity contribution is 6.13. The molecule has 0 radical (unpaired) electrons. The van der Waals surface area contributed by atoms with Crippen molar-refractivity contribution in [3.63, 3.8) is 0 Å². The summed E-state index contributed by atoms with van der Waals surface area (Å²) in [5.74, 6) is 1.89. The predicted molar refractivity (Wildman–Crippen MR) is 227 cm³/mol. The molecule has 2 aromatic heterocycles. The van der Waals surface area contributed by atoms with Gasteiger partial charge in [0.15, 0.2) is 17.5 Å². The second-order valence-electron chi connectivity index (χ2n) is 14.1. The molecule has 0 bridgehead atoms. The zero-order valence-electron chi connectivity index (χ0n) is 29.6. The molecule has 11 aromatic rings. The van der Waals surface area contributed by atoms with Crippen LogP contribution < -0.4 is 0 Å².